The number of rotatable bonds is 5. The minimum atomic E-state index is -0.160. The standard InChI is InChI=1S/C17H18ClNO2/c1-3-12(2)21-16-10-4-13(5-11-16)17(20)19-15-8-6-14(18)7-9-15/h4-12H,3H2,1-2H3,(H,19,20). The number of amides is 1. The molecule has 0 saturated heterocycles. The Balaban J connectivity index is 2.01. The molecule has 2 aromatic rings. The molecule has 4 heteroatoms. The molecule has 1 amide bonds. The summed E-state index contributed by atoms with van der Waals surface area (Å²) in [6.45, 7) is 4.08. The lowest BCUT2D eigenvalue weighted by Gasteiger charge is -2.12. The zero-order chi connectivity index (χ0) is 15.2. The van der Waals surface area contributed by atoms with Crippen molar-refractivity contribution < 1.29 is 9.53 Å². The Morgan fingerprint density at radius 1 is 1.14 bits per heavy atom. The number of benzene rings is 2. The molecule has 0 spiro atoms. The van der Waals surface area contributed by atoms with Gasteiger partial charge in [0.25, 0.3) is 5.91 Å². The van der Waals surface area contributed by atoms with Gasteiger partial charge in [0.1, 0.15) is 5.75 Å². The topological polar surface area (TPSA) is 38.3 Å². The van der Waals surface area contributed by atoms with E-state index in [9.17, 15) is 4.79 Å². The van der Waals surface area contributed by atoms with Gasteiger partial charge >= 0.3 is 0 Å². The summed E-state index contributed by atoms with van der Waals surface area (Å²) in [6, 6.07) is 14.1. The molecule has 0 saturated carbocycles. The Bertz CT molecular complexity index is 593. The summed E-state index contributed by atoms with van der Waals surface area (Å²) in [7, 11) is 0. The Labute approximate surface area is 129 Å². The van der Waals surface area contributed by atoms with E-state index >= 15 is 0 Å². The fraction of sp³-hybridized carbons (Fsp3) is 0.235. The predicted molar refractivity (Wildman–Crippen MR) is 86.2 cm³/mol. The summed E-state index contributed by atoms with van der Waals surface area (Å²) >= 11 is 5.81. The van der Waals surface area contributed by atoms with Crippen LogP contribution in [0.1, 0.15) is 30.6 Å². The average Bonchev–Trinajstić information content (AvgIpc) is 2.50. The number of hydrogen-bond acceptors (Lipinski definition) is 2. The molecule has 0 aromatic heterocycles. The highest BCUT2D eigenvalue weighted by Gasteiger charge is 2.07. The summed E-state index contributed by atoms with van der Waals surface area (Å²) in [4.78, 5) is 12.1. The molecule has 3 nitrogen and oxygen atoms in total. The smallest absolute Gasteiger partial charge is 0.255 e. The summed E-state index contributed by atoms with van der Waals surface area (Å²) < 4.78 is 5.68. The average molecular weight is 304 g/mol. The summed E-state index contributed by atoms with van der Waals surface area (Å²) in [5.41, 5.74) is 1.30. The molecule has 2 aromatic carbocycles. The lowest BCUT2D eigenvalue weighted by Crippen LogP contribution is -2.12. The van der Waals surface area contributed by atoms with E-state index in [1.807, 2.05) is 19.1 Å². The van der Waals surface area contributed by atoms with Gasteiger partial charge in [0.2, 0.25) is 0 Å². The van der Waals surface area contributed by atoms with Crippen molar-refractivity contribution in [2.75, 3.05) is 5.32 Å². The van der Waals surface area contributed by atoms with Crippen LogP contribution in [0.4, 0.5) is 5.69 Å². The van der Waals surface area contributed by atoms with Gasteiger partial charge in [-0.25, -0.2) is 0 Å². The number of carbonyl (C=O) groups excluding carboxylic acids is 1. The van der Waals surface area contributed by atoms with Crippen molar-refractivity contribution in [3.8, 4) is 5.75 Å². The Morgan fingerprint density at radius 2 is 1.76 bits per heavy atom. The zero-order valence-corrected chi connectivity index (χ0v) is 12.9. The van der Waals surface area contributed by atoms with Gasteiger partial charge in [0, 0.05) is 16.3 Å². The third-order valence-electron chi connectivity index (χ3n) is 3.13. The Kier molecular flexibility index (Phi) is 5.23. The van der Waals surface area contributed by atoms with Gasteiger partial charge in [0.15, 0.2) is 0 Å². The fourth-order valence-corrected chi connectivity index (χ4v) is 1.86. The molecule has 0 aliphatic carbocycles. The van der Waals surface area contributed by atoms with Crippen molar-refractivity contribution in [1.82, 2.24) is 0 Å². The first-order chi connectivity index (χ1) is 10.1. The van der Waals surface area contributed by atoms with Crippen LogP contribution in [0.15, 0.2) is 48.5 Å². The van der Waals surface area contributed by atoms with Crippen LogP contribution in [0.2, 0.25) is 5.02 Å². The first-order valence-corrected chi connectivity index (χ1v) is 7.30. The number of hydrogen-bond donors (Lipinski definition) is 1. The highest BCUT2D eigenvalue weighted by atomic mass is 35.5. The van der Waals surface area contributed by atoms with E-state index in [2.05, 4.69) is 12.2 Å². The van der Waals surface area contributed by atoms with Crippen LogP contribution in [-0.2, 0) is 0 Å². The third-order valence-corrected chi connectivity index (χ3v) is 3.38. The van der Waals surface area contributed by atoms with Crippen LogP contribution in [0, 0.1) is 0 Å². The fourth-order valence-electron chi connectivity index (χ4n) is 1.74. The number of halogens is 1. The highest BCUT2D eigenvalue weighted by molar-refractivity contribution is 6.30. The summed E-state index contributed by atoms with van der Waals surface area (Å²) in [5.74, 6) is 0.611. The van der Waals surface area contributed by atoms with Gasteiger partial charge in [0.05, 0.1) is 6.10 Å². The quantitative estimate of drug-likeness (QED) is 0.864. The van der Waals surface area contributed by atoms with Gasteiger partial charge in [-0.3, -0.25) is 4.79 Å². The molecular weight excluding hydrogens is 286 g/mol. The molecule has 0 heterocycles. The Hall–Kier alpha value is -2.00. The molecule has 1 N–H and O–H groups in total. The maximum atomic E-state index is 12.1. The zero-order valence-electron chi connectivity index (χ0n) is 12.1. The molecule has 0 aliphatic heterocycles. The lowest BCUT2D eigenvalue weighted by molar-refractivity contribution is 0.102. The molecule has 110 valence electrons. The third kappa shape index (κ3) is 4.50. The molecule has 0 bridgehead atoms. The summed E-state index contributed by atoms with van der Waals surface area (Å²) in [5, 5.41) is 3.46. The maximum Gasteiger partial charge on any atom is 0.255 e. The number of anilines is 1. The van der Waals surface area contributed by atoms with Gasteiger partial charge < -0.3 is 10.1 Å². The predicted octanol–water partition coefficient (Wildman–Crippen LogP) is 4.77. The monoisotopic (exact) mass is 303 g/mol. The van der Waals surface area contributed by atoms with Gasteiger partial charge in [-0.1, -0.05) is 18.5 Å². The highest BCUT2D eigenvalue weighted by Crippen LogP contribution is 2.17. The van der Waals surface area contributed by atoms with E-state index in [1.165, 1.54) is 0 Å². The Morgan fingerprint density at radius 3 is 2.33 bits per heavy atom. The van der Waals surface area contributed by atoms with Crippen LogP contribution in [0.5, 0.6) is 5.75 Å². The van der Waals surface area contributed by atoms with Crippen molar-refractivity contribution in [3.05, 3.63) is 59.1 Å². The minimum absolute atomic E-state index is 0.160. The second-order valence-electron chi connectivity index (χ2n) is 4.82. The van der Waals surface area contributed by atoms with Crippen LogP contribution in [0.3, 0.4) is 0 Å². The van der Waals surface area contributed by atoms with Gasteiger partial charge in [-0.15, -0.1) is 0 Å². The molecule has 0 aliphatic rings. The second-order valence-corrected chi connectivity index (χ2v) is 5.26. The molecule has 1 atom stereocenters. The van der Waals surface area contributed by atoms with E-state index in [-0.39, 0.29) is 12.0 Å². The largest absolute Gasteiger partial charge is 0.491 e. The molecule has 21 heavy (non-hydrogen) atoms. The minimum Gasteiger partial charge on any atom is -0.491 e. The van der Waals surface area contributed by atoms with E-state index < -0.39 is 0 Å². The second kappa shape index (κ2) is 7.14. The molecule has 1 unspecified atom stereocenters. The van der Waals surface area contributed by atoms with Crippen LogP contribution in [0.25, 0.3) is 0 Å². The number of nitrogens with one attached hydrogen (secondary N) is 1. The van der Waals surface area contributed by atoms with Gasteiger partial charge in [-0.2, -0.15) is 0 Å². The van der Waals surface area contributed by atoms with Crippen molar-refractivity contribution in [2.45, 2.75) is 26.4 Å². The first kappa shape index (κ1) is 15.4. The number of carbonyl (C=O) groups is 1. The normalized spacial score (nSPS) is 11.8. The molecule has 0 radical (unpaired) electrons. The van der Waals surface area contributed by atoms with E-state index in [0.29, 0.717) is 16.3 Å². The lowest BCUT2D eigenvalue weighted by atomic mass is 10.2. The molecular formula is C17H18ClNO2. The SMILES string of the molecule is CCC(C)Oc1ccc(C(=O)Nc2ccc(Cl)cc2)cc1. The van der Waals surface area contributed by atoms with E-state index in [4.69, 9.17) is 16.3 Å². The molecule has 2 rings (SSSR count). The van der Waals surface area contributed by atoms with Crippen LogP contribution >= 0.6 is 11.6 Å². The van der Waals surface area contributed by atoms with Crippen molar-refractivity contribution in [3.63, 3.8) is 0 Å². The van der Waals surface area contributed by atoms with E-state index in [0.717, 1.165) is 12.2 Å². The van der Waals surface area contributed by atoms with Crippen LogP contribution in [-0.4, -0.2) is 12.0 Å². The van der Waals surface area contributed by atoms with Crippen molar-refractivity contribution >= 4 is 23.2 Å². The van der Waals surface area contributed by atoms with Crippen LogP contribution < -0.4 is 10.1 Å². The maximum absolute atomic E-state index is 12.1. The van der Waals surface area contributed by atoms with Crippen molar-refractivity contribution in [2.24, 2.45) is 0 Å². The van der Waals surface area contributed by atoms with E-state index in [1.54, 1.807) is 36.4 Å². The number of ether oxygens (including phenoxy) is 1. The van der Waals surface area contributed by atoms with Gasteiger partial charge in [-0.05, 0) is 61.9 Å². The molecule has 0 fully saturated rings. The van der Waals surface area contributed by atoms with Crippen molar-refractivity contribution in [1.29, 1.82) is 0 Å². The summed E-state index contributed by atoms with van der Waals surface area (Å²) in [6.07, 6.45) is 1.11. The first-order valence-electron chi connectivity index (χ1n) is 6.92.